The zero-order valence-electron chi connectivity index (χ0n) is 18.9. The third-order valence-corrected chi connectivity index (χ3v) is 4.47. The molecule has 0 amide bonds. The number of carbonyl (C=O) groups is 2. The quantitative estimate of drug-likeness (QED) is 0.477. The van der Waals surface area contributed by atoms with Gasteiger partial charge in [-0.1, -0.05) is 12.2 Å². The molecule has 30 heavy (non-hydrogen) atoms. The van der Waals surface area contributed by atoms with Gasteiger partial charge in [-0.3, -0.25) is 9.59 Å². The van der Waals surface area contributed by atoms with Gasteiger partial charge in [0.2, 0.25) is 5.78 Å². The lowest BCUT2D eigenvalue weighted by atomic mass is 10.0. The molecule has 0 spiro atoms. The largest absolute Gasteiger partial charge is 0.496 e. The molecular formula is C24H30O6. The van der Waals surface area contributed by atoms with Crippen molar-refractivity contribution in [1.29, 1.82) is 0 Å². The van der Waals surface area contributed by atoms with Crippen molar-refractivity contribution in [3.05, 3.63) is 52.6 Å². The summed E-state index contributed by atoms with van der Waals surface area (Å²) in [5.41, 5.74) is 3.20. The Balaban J connectivity index is 0.000000303. The van der Waals surface area contributed by atoms with Crippen LogP contribution in [0.3, 0.4) is 0 Å². The van der Waals surface area contributed by atoms with E-state index in [1.54, 1.807) is 26.4 Å². The summed E-state index contributed by atoms with van der Waals surface area (Å²) in [5.74, 6) is 1.73. The fraction of sp³-hybridized carbons (Fsp3) is 0.333. The van der Waals surface area contributed by atoms with Gasteiger partial charge in [0.25, 0.3) is 0 Å². The lowest BCUT2D eigenvalue weighted by Crippen LogP contribution is -2.10. The van der Waals surface area contributed by atoms with Gasteiger partial charge in [0.1, 0.15) is 23.0 Å². The van der Waals surface area contributed by atoms with Crippen LogP contribution in [0.2, 0.25) is 0 Å². The van der Waals surface area contributed by atoms with Crippen LogP contribution in [-0.4, -0.2) is 40.0 Å². The number of ether oxygens (including phenoxy) is 4. The van der Waals surface area contributed by atoms with Crippen LogP contribution in [0.25, 0.3) is 6.08 Å². The molecule has 0 saturated carbocycles. The highest BCUT2D eigenvalue weighted by atomic mass is 16.5. The van der Waals surface area contributed by atoms with Crippen molar-refractivity contribution >= 4 is 17.6 Å². The van der Waals surface area contributed by atoms with Crippen LogP contribution in [0.4, 0.5) is 0 Å². The Morgan fingerprint density at radius 3 is 1.40 bits per heavy atom. The number of Topliss-reactive ketones (excluding diaryl/α,β-unsaturated/α-hetero) is 2. The number of methoxy groups -OCH3 is 4. The predicted molar refractivity (Wildman–Crippen MR) is 118 cm³/mol. The predicted octanol–water partition coefficient (Wildman–Crippen LogP) is 4.83. The van der Waals surface area contributed by atoms with Gasteiger partial charge < -0.3 is 18.9 Å². The van der Waals surface area contributed by atoms with Crippen LogP contribution in [0.5, 0.6) is 23.0 Å². The summed E-state index contributed by atoms with van der Waals surface area (Å²) in [5, 5.41) is 0. The average molecular weight is 414 g/mol. The first kappa shape index (κ1) is 24.8. The van der Waals surface area contributed by atoms with Crippen molar-refractivity contribution in [3.63, 3.8) is 0 Å². The second-order valence-electron chi connectivity index (χ2n) is 6.44. The summed E-state index contributed by atoms with van der Waals surface area (Å²) in [6.45, 7) is 7.02. The zero-order chi connectivity index (χ0) is 22.8. The van der Waals surface area contributed by atoms with Gasteiger partial charge in [0.05, 0.1) is 28.4 Å². The van der Waals surface area contributed by atoms with Crippen LogP contribution in [0.15, 0.2) is 30.3 Å². The van der Waals surface area contributed by atoms with Crippen molar-refractivity contribution < 1.29 is 28.5 Å². The molecule has 2 aromatic carbocycles. The summed E-state index contributed by atoms with van der Waals surface area (Å²) < 4.78 is 20.8. The highest BCUT2D eigenvalue weighted by molar-refractivity contribution is 6.43. The first-order valence-corrected chi connectivity index (χ1v) is 9.37. The second kappa shape index (κ2) is 11.7. The molecule has 2 rings (SSSR count). The summed E-state index contributed by atoms with van der Waals surface area (Å²) in [6.07, 6.45) is 4.01. The molecule has 162 valence electrons. The van der Waals surface area contributed by atoms with E-state index < -0.39 is 11.6 Å². The monoisotopic (exact) mass is 414 g/mol. The van der Waals surface area contributed by atoms with Gasteiger partial charge in [-0.25, -0.2) is 0 Å². The number of rotatable bonds is 7. The lowest BCUT2D eigenvalue weighted by Gasteiger charge is -2.11. The zero-order valence-corrected chi connectivity index (χ0v) is 18.9. The standard InChI is InChI=1S/C12H14O4.C12H16O2/c1-7-10(15-3)5-9(6-11(7)16-4)12(14)8(2)13;1-5-6-10-7-11(13-3)9(2)12(8-10)14-4/h5-6H,1-4H3;5-8H,1-4H3/b;6-5+. The first-order chi connectivity index (χ1) is 14.2. The van der Waals surface area contributed by atoms with Gasteiger partial charge >= 0.3 is 0 Å². The van der Waals surface area contributed by atoms with E-state index in [1.807, 2.05) is 45.1 Å². The van der Waals surface area contributed by atoms with Gasteiger partial charge in [-0.2, -0.15) is 0 Å². The Morgan fingerprint density at radius 2 is 1.10 bits per heavy atom. The number of hydrogen-bond acceptors (Lipinski definition) is 6. The van der Waals surface area contributed by atoms with E-state index in [-0.39, 0.29) is 5.56 Å². The SMILES string of the molecule is C/C=C/c1cc(OC)c(C)c(OC)c1.COc1cc(C(=O)C(C)=O)cc(OC)c1C. The van der Waals surface area contributed by atoms with Gasteiger partial charge in [-0.05, 0) is 50.6 Å². The molecule has 0 saturated heterocycles. The normalized spacial score (nSPS) is 10.1. The summed E-state index contributed by atoms with van der Waals surface area (Å²) in [4.78, 5) is 22.5. The Labute approximate surface area is 178 Å². The van der Waals surface area contributed by atoms with Crippen molar-refractivity contribution in [2.75, 3.05) is 28.4 Å². The third kappa shape index (κ3) is 6.11. The molecule has 0 radical (unpaired) electrons. The first-order valence-electron chi connectivity index (χ1n) is 9.37. The van der Waals surface area contributed by atoms with Crippen LogP contribution < -0.4 is 18.9 Å². The molecule has 6 heteroatoms. The summed E-state index contributed by atoms with van der Waals surface area (Å²) >= 11 is 0. The van der Waals surface area contributed by atoms with Crippen molar-refractivity contribution in [1.82, 2.24) is 0 Å². The van der Waals surface area contributed by atoms with E-state index in [1.165, 1.54) is 21.1 Å². The van der Waals surface area contributed by atoms with Crippen molar-refractivity contribution in [2.24, 2.45) is 0 Å². The summed E-state index contributed by atoms with van der Waals surface area (Å²) in [7, 11) is 6.34. The molecule has 6 nitrogen and oxygen atoms in total. The summed E-state index contributed by atoms with van der Waals surface area (Å²) in [6, 6.07) is 7.08. The minimum absolute atomic E-state index is 0.284. The van der Waals surface area contributed by atoms with E-state index in [4.69, 9.17) is 18.9 Å². The van der Waals surface area contributed by atoms with E-state index in [0.29, 0.717) is 11.5 Å². The van der Waals surface area contributed by atoms with Crippen LogP contribution in [0, 0.1) is 13.8 Å². The Bertz CT molecular complexity index is 877. The molecule has 0 bridgehead atoms. The fourth-order valence-electron chi connectivity index (χ4n) is 2.82. The van der Waals surface area contributed by atoms with E-state index in [0.717, 1.165) is 28.2 Å². The smallest absolute Gasteiger partial charge is 0.228 e. The van der Waals surface area contributed by atoms with Crippen molar-refractivity contribution in [3.8, 4) is 23.0 Å². The number of allylic oxidation sites excluding steroid dienone is 1. The number of benzene rings is 2. The second-order valence-corrected chi connectivity index (χ2v) is 6.44. The fourth-order valence-corrected chi connectivity index (χ4v) is 2.82. The molecule has 0 heterocycles. The van der Waals surface area contributed by atoms with Gasteiger partial charge in [-0.15, -0.1) is 0 Å². The van der Waals surface area contributed by atoms with Gasteiger partial charge in [0.15, 0.2) is 5.78 Å². The van der Waals surface area contributed by atoms with E-state index >= 15 is 0 Å². The topological polar surface area (TPSA) is 71.1 Å². The molecule has 0 fully saturated rings. The van der Waals surface area contributed by atoms with Crippen LogP contribution in [0.1, 0.15) is 40.9 Å². The number of ketones is 2. The Kier molecular flexibility index (Phi) is 9.62. The maximum Gasteiger partial charge on any atom is 0.228 e. The molecule has 0 atom stereocenters. The highest BCUT2D eigenvalue weighted by Crippen LogP contribution is 2.30. The molecule has 0 aromatic heterocycles. The number of carbonyl (C=O) groups excluding carboxylic acids is 2. The molecular weight excluding hydrogens is 384 g/mol. The Morgan fingerprint density at radius 1 is 0.733 bits per heavy atom. The molecule has 0 N–H and O–H groups in total. The van der Waals surface area contributed by atoms with E-state index in [2.05, 4.69) is 0 Å². The molecule has 0 aliphatic heterocycles. The highest BCUT2D eigenvalue weighted by Gasteiger charge is 2.16. The minimum Gasteiger partial charge on any atom is -0.496 e. The molecule has 0 unspecified atom stereocenters. The molecule has 0 aliphatic carbocycles. The van der Waals surface area contributed by atoms with E-state index in [9.17, 15) is 9.59 Å². The van der Waals surface area contributed by atoms with Crippen molar-refractivity contribution in [2.45, 2.75) is 27.7 Å². The van der Waals surface area contributed by atoms with Crippen LogP contribution in [-0.2, 0) is 4.79 Å². The lowest BCUT2D eigenvalue weighted by molar-refractivity contribution is -0.113. The van der Waals surface area contributed by atoms with Gasteiger partial charge in [0, 0.05) is 23.6 Å². The molecule has 0 aliphatic rings. The third-order valence-electron chi connectivity index (χ3n) is 4.47. The Hall–Kier alpha value is -3.28. The maximum atomic E-state index is 11.5. The average Bonchev–Trinajstić information content (AvgIpc) is 2.74. The van der Waals surface area contributed by atoms with Crippen LogP contribution >= 0.6 is 0 Å². The number of hydrogen-bond donors (Lipinski definition) is 0. The maximum absolute atomic E-state index is 11.5. The molecule has 2 aromatic rings. The minimum atomic E-state index is -0.545.